The van der Waals surface area contributed by atoms with Crippen LogP contribution in [-0.4, -0.2) is 37.2 Å². The number of carbonyl (C=O) groups is 3. The van der Waals surface area contributed by atoms with E-state index in [9.17, 15) is 14.4 Å². The van der Waals surface area contributed by atoms with E-state index in [-0.39, 0.29) is 31.1 Å². The van der Waals surface area contributed by atoms with Crippen LogP contribution in [0.15, 0.2) is 12.2 Å². The molecule has 0 N–H and O–H groups in total. The van der Waals surface area contributed by atoms with Crippen LogP contribution in [-0.2, 0) is 28.6 Å². The fraction of sp³-hybridized carbons (Fsp3) is 0.925. The maximum Gasteiger partial charge on any atom is 0.306 e. The van der Waals surface area contributed by atoms with Crippen LogP contribution < -0.4 is 0 Å². The highest BCUT2D eigenvalue weighted by Gasteiger charge is 2.19. The number of hydrogen-bond donors (Lipinski definition) is 0. The first-order chi connectivity index (χ1) is 36.0. The Morgan fingerprint density at radius 1 is 0.260 bits per heavy atom. The van der Waals surface area contributed by atoms with Gasteiger partial charge < -0.3 is 14.2 Å². The van der Waals surface area contributed by atoms with Crippen molar-refractivity contribution in [2.24, 2.45) is 0 Å². The molecule has 6 heteroatoms. The summed E-state index contributed by atoms with van der Waals surface area (Å²) in [6, 6.07) is 0. The van der Waals surface area contributed by atoms with Gasteiger partial charge in [-0.25, -0.2) is 0 Å². The normalized spacial score (nSPS) is 12.0. The van der Waals surface area contributed by atoms with Crippen molar-refractivity contribution in [3.8, 4) is 0 Å². The molecule has 0 aliphatic rings. The van der Waals surface area contributed by atoms with Crippen molar-refractivity contribution < 1.29 is 28.6 Å². The van der Waals surface area contributed by atoms with Crippen LogP contribution >= 0.6 is 0 Å². The summed E-state index contributed by atoms with van der Waals surface area (Å²) in [6.45, 7) is 6.71. The van der Waals surface area contributed by atoms with Crippen molar-refractivity contribution in [3.63, 3.8) is 0 Å². The van der Waals surface area contributed by atoms with E-state index in [2.05, 4.69) is 32.9 Å². The van der Waals surface area contributed by atoms with Crippen LogP contribution in [0.25, 0.3) is 0 Å². The summed E-state index contributed by atoms with van der Waals surface area (Å²) in [5.41, 5.74) is 0. The molecular weight excluding hydrogens is 901 g/mol. The Kier molecular flexibility index (Phi) is 61.1. The average molecular weight is 1030 g/mol. The second-order valence-corrected chi connectivity index (χ2v) is 22.7. The fourth-order valence-electron chi connectivity index (χ4n) is 10.3. The van der Waals surface area contributed by atoms with Crippen LogP contribution in [0.1, 0.15) is 380 Å². The molecule has 0 amide bonds. The van der Waals surface area contributed by atoms with Gasteiger partial charge in [-0.05, 0) is 44.9 Å². The van der Waals surface area contributed by atoms with E-state index in [0.717, 1.165) is 64.2 Å². The quantitative estimate of drug-likeness (QED) is 0.0261. The molecule has 73 heavy (non-hydrogen) atoms. The van der Waals surface area contributed by atoms with Gasteiger partial charge in [-0.3, -0.25) is 14.4 Å². The third kappa shape index (κ3) is 60.9. The molecule has 1 unspecified atom stereocenters. The van der Waals surface area contributed by atoms with Gasteiger partial charge >= 0.3 is 17.9 Å². The van der Waals surface area contributed by atoms with Gasteiger partial charge in [-0.15, -0.1) is 0 Å². The molecule has 432 valence electrons. The number of unbranched alkanes of at least 4 members (excludes halogenated alkanes) is 49. The summed E-state index contributed by atoms with van der Waals surface area (Å²) in [7, 11) is 0. The summed E-state index contributed by atoms with van der Waals surface area (Å²) in [4.78, 5) is 38.3. The summed E-state index contributed by atoms with van der Waals surface area (Å²) in [5, 5.41) is 0. The summed E-state index contributed by atoms with van der Waals surface area (Å²) in [5.74, 6) is -0.842. The van der Waals surface area contributed by atoms with E-state index < -0.39 is 6.10 Å². The third-order valence-corrected chi connectivity index (χ3v) is 15.3. The molecule has 0 aromatic heterocycles. The number of rotatable bonds is 62. The second-order valence-electron chi connectivity index (χ2n) is 22.7. The van der Waals surface area contributed by atoms with Crippen molar-refractivity contribution in [2.45, 2.75) is 386 Å². The molecule has 0 radical (unpaired) electrons. The molecular formula is C67H128O6. The molecule has 0 aromatic rings. The first-order valence-corrected chi connectivity index (χ1v) is 33.2. The number of hydrogen-bond acceptors (Lipinski definition) is 6. The van der Waals surface area contributed by atoms with Gasteiger partial charge in [0.05, 0.1) is 0 Å². The van der Waals surface area contributed by atoms with Crippen molar-refractivity contribution >= 4 is 17.9 Å². The van der Waals surface area contributed by atoms with Crippen LogP contribution in [0.3, 0.4) is 0 Å². The maximum atomic E-state index is 12.9. The minimum Gasteiger partial charge on any atom is -0.462 e. The molecule has 0 rings (SSSR count). The molecule has 0 fully saturated rings. The minimum absolute atomic E-state index is 0.0667. The van der Waals surface area contributed by atoms with Crippen molar-refractivity contribution in [1.29, 1.82) is 0 Å². The standard InChI is InChI=1S/C67H128O6/c1-4-7-10-13-16-19-22-25-28-30-32-33-35-37-40-42-45-48-51-54-57-60-66(69)72-63-64(73-67(70)61-58-55-52-49-46-43-38-27-24-21-18-15-12-9-6-3)62-71-65(68)59-56-53-50-47-44-41-39-36-34-31-29-26-23-20-17-14-11-8-5-2/h27,38,64H,4-26,28-37,39-63H2,1-3H3/b38-27-. The number of ether oxygens (including phenoxy) is 3. The molecule has 0 heterocycles. The lowest BCUT2D eigenvalue weighted by Gasteiger charge is -2.18. The molecule has 0 spiro atoms. The van der Waals surface area contributed by atoms with Gasteiger partial charge in [0.2, 0.25) is 0 Å². The van der Waals surface area contributed by atoms with E-state index in [1.54, 1.807) is 0 Å². The number of esters is 3. The van der Waals surface area contributed by atoms with Crippen LogP contribution in [0.2, 0.25) is 0 Å². The smallest absolute Gasteiger partial charge is 0.306 e. The first kappa shape index (κ1) is 71.2. The molecule has 6 nitrogen and oxygen atoms in total. The Bertz CT molecular complexity index is 1130. The fourth-order valence-corrected chi connectivity index (χ4v) is 10.3. The molecule has 0 bridgehead atoms. The lowest BCUT2D eigenvalue weighted by molar-refractivity contribution is -0.167. The zero-order valence-corrected chi connectivity index (χ0v) is 49.7. The molecule has 0 aromatic carbocycles. The lowest BCUT2D eigenvalue weighted by atomic mass is 10.0. The van der Waals surface area contributed by atoms with E-state index in [1.165, 1.54) is 276 Å². The van der Waals surface area contributed by atoms with Gasteiger partial charge in [0.15, 0.2) is 6.10 Å². The molecule has 1 atom stereocenters. The van der Waals surface area contributed by atoms with E-state index in [1.807, 2.05) is 0 Å². The van der Waals surface area contributed by atoms with E-state index in [0.29, 0.717) is 19.3 Å². The predicted molar refractivity (Wildman–Crippen MR) is 317 cm³/mol. The molecule has 0 saturated heterocycles. The van der Waals surface area contributed by atoms with Gasteiger partial charge in [-0.2, -0.15) is 0 Å². The Morgan fingerprint density at radius 2 is 0.452 bits per heavy atom. The Balaban J connectivity index is 4.27. The third-order valence-electron chi connectivity index (χ3n) is 15.3. The summed E-state index contributed by atoms with van der Waals surface area (Å²) < 4.78 is 17.0. The largest absolute Gasteiger partial charge is 0.462 e. The molecule has 0 saturated carbocycles. The first-order valence-electron chi connectivity index (χ1n) is 33.2. The van der Waals surface area contributed by atoms with Gasteiger partial charge in [0, 0.05) is 19.3 Å². The zero-order valence-electron chi connectivity index (χ0n) is 49.7. The number of allylic oxidation sites excluding steroid dienone is 2. The maximum absolute atomic E-state index is 12.9. The van der Waals surface area contributed by atoms with Crippen molar-refractivity contribution in [3.05, 3.63) is 12.2 Å². The average Bonchev–Trinajstić information content (AvgIpc) is 3.39. The highest BCUT2D eigenvalue weighted by molar-refractivity contribution is 5.71. The van der Waals surface area contributed by atoms with E-state index in [4.69, 9.17) is 14.2 Å². The van der Waals surface area contributed by atoms with Crippen LogP contribution in [0, 0.1) is 0 Å². The lowest BCUT2D eigenvalue weighted by Crippen LogP contribution is -2.30. The highest BCUT2D eigenvalue weighted by Crippen LogP contribution is 2.18. The molecule has 0 aliphatic carbocycles. The topological polar surface area (TPSA) is 78.9 Å². The Morgan fingerprint density at radius 3 is 0.685 bits per heavy atom. The molecule has 0 aliphatic heterocycles. The van der Waals surface area contributed by atoms with Gasteiger partial charge in [0.1, 0.15) is 13.2 Å². The number of carbonyl (C=O) groups excluding carboxylic acids is 3. The highest BCUT2D eigenvalue weighted by atomic mass is 16.6. The second kappa shape index (κ2) is 62.7. The van der Waals surface area contributed by atoms with Crippen molar-refractivity contribution in [2.75, 3.05) is 13.2 Å². The Hall–Kier alpha value is -1.85. The zero-order chi connectivity index (χ0) is 52.9. The van der Waals surface area contributed by atoms with Gasteiger partial charge in [0.25, 0.3) is 0 Å². The summed E-state index contributed by atoms with van der Waals surface area (Å²) >= 11 is 0. The van der Waals surface area contributed by atoms with Crippen LogP contribution in [0.5, 0.6) is 0 Å². The monoisotopic (exact) mass is 1030 g/mol. The van der Waals surface area contributed by atoms with E-state index >= 15 is 0 Å². The predicted octanol–water partition coefficient (Wildman–Crippen LogP) is 22.4. The van der Waals surface area contributed by atoms with Crippen LogP contribution in [0.4, 0.5) is 0 Å². The SMILES string of the molecule is CCCCCCCC/C=C\CCCCCCCC(=O)OC(COC(=O)CCCCCCCCCCCCCCCCCCCCC)COC(=O)CCCCCCCCCCCCCCCCCCCCCCC. The summed E-state index contributed by atoms with van der Waals surface area (Å²) in [6.07, 6.45) is 73.7. The van der Waals surface area contributed by atoms with Gasteiger partial charge in [-0.1, -0.05) is 328 Å². The van der Waals surface area contributed by atoms with Crippen molar-refractivity contribution in [1.82, 2.24) is 0 Å². The minimum atomic E-state index is -0.770. The Labute approximate surface area is 456 Å².